The van der Waals surface area contributed by atoms with Crippen LogP contribution >= 0.6 is 11.6 Å². The van der Waals surface area contributed by atoms with E-state index < -0.39 is 0 Å². The molecule has 104 valence electrons. The predicted octanol–water partition coefficient (Wildman–Crippen LogP) is 5.17. The van der Waals surface area contributed by atoms with E-state index in [0.29, 0.717) is 5.92 Å². The molecule has 2 aromatic rings. The van der Waals surface area contributed by atoms with Crippen molar-refractivity contribution in [2.45, 2.75) is 26.2 Å². The summed E-state index contributed by atoms with van der Waals surface area (Å²) in [6.07, 6.45) is 2.59. The fraction of sp³-hybridized carbons (Fsp3) is 0.278. The molecular formula is C18H20ClN. The van der Waals surface area contributed by atoms with E-state index in [4.69, 9.17) is 17.0 Å². The summed E-state index contributed by atoms with van der Waals surface area (Å²) in [7, 11) is 0. The monoisotopic (exact) mass is 285 g/mol. The average molecular weight is 286 g/mol. The van der Waals surface area contributed by atoms with Crippen LogP contribution in [0, 0.1) is 11.3 Å². The molecule has 0 radical (unpaired) electrons. The number of halogens is 1. The van der Waals surface area contributed by atoms with E-state index in [-0.39, 0.29) is 0 Å². The van der Waals surface area contributed by atoms with Crippen LogP contribution in [0.15, 0.2) is 54.6 Å². The van der Waals surface area contributed by atoms with E-state index in [1.54, 1.807) is 0 Å². The van der Waals surface area contributed by atoms with Gasteiger partial charge in [0.15, 0.2) is 0 Å². The molecule has 0 aliphatic rings. The summed E-state index contributed by atoms with van der Waals surface area (Å²) in [5, 5.41) is 8.91. The molecule has 2 aromatic carbocycles. The van der Waals surface area contributed by atoms with Gasteiger partial charge in [-0.25, -0.2) is 0 Å². The Morgan fingerprint density at radius 3 is 2.30 bits per heavy atom. The van der Waals surface area contributed by atoms with Crippen LogP contribution in [0.4, 0.5) is 0 Å². The third kappa shape index (κ3) is 4.82. The summed E-state index contributed by atoms with van der Waals surface area (Å²) in [6, 6.07) is 18.2. The highest BCUT2D eigenvalue weighted by Gasteiger charge is 2.08. The number of nitrogens with one attached hydrogen (secondary N) is 1. The summed E-state index contributed by atoms with van der Waals surface area (Å²) < 4.78 is 0. The van der Waals surface area contributed by atoms with Crippen LogP contribution in [0.2, 0.25) is 5.02 Å². The largest absolute Gasteiger partial charge is 0.309 e. The number of rotatable bonds is 6. The molecule has 0 saturated heterocycles. The van der Waals surface area contributed by atoms with Crippen molar-refractivity contribution < 1.29 is 0 Å². The maximum Gasteiger partial charge on any atom is 0.0406 e. The van der Waals surface area contributed by atoms with E-state index in [2.05, 4.69) is 31.2 Å². The molecule has 0 saturated carbocycles. The number of benzene rings is 2. The highest BCUT2D eigenvalue weighted by atomic mass is 35.5. The van der Waals surface area contributed by atoms with Crippen LogP contribution in [-0.4, -0.2) is 5.71 Å². The van der Waals surface area contributed by atoms with Gasteiger partial charge in [0.25, 0.3) is 0 Å². The third-order valence-electron chi connectivity index (χ3n) is 3.35. The Hall–Kier alpha value is -1.60. The molecular weight excluding hydrogens is 266 g/mol. The van der Waals surface area contributed by atoms with Crippen LogP contribution < -0.4 is 0 Å². The first-order valence-corrected chi connectivity index (χ1v) is 7.36. The first kappa shape index (κ1) is 14.8. The molecule has 20 heavy (non-hydrogen) atoms. The molecule has 1 atom stereocenters. The van der Waals surface area contributed by atoms with E-state index >= 15 is 0 Å². The number of hydrogen-bond acceptors (Lipinski definition) is 1. The van der Waals surface area contributed by atoms with Crippen molar-refractivity contribution >= 4 is 17.3 Å². The fourth-order valence-electron chi connectivity index (χ4n) is 2.43. The zero-order valence-corrected chi connectivity index (χ0v) is 12.5. The molecule has 0 fully saturated rings. The second kappa shape index (κ2) is 7.25. The summed E-state index contributed by atoms with van der Waals surface area (Å²) in [5.74, 6) is 0.479. The summed E-state index contributed by atoms with van der Waals surface area (Å²) in [4.78, 5) is 0. The Bertz CT molecular complexity index is 545. The molecule has 0 amide bonds. The van der Waals surface area contributed by atoms with Crippen molar-refractivity contribution in [1.82, 2.24) is 0 Å². The second-order valence-electron chi connectivity index (χ2n) is 5.41. The van der Waals surface area contributed by atoms with Gasteiger partial charge in [0.1, 0.15) is 0 Å². The quantitative estimate of drug-likeness (QED) is 0.708. The van der Waals surface area contributed by atoms with Crippen molar-refractivity contribution in [1.29, 1.82) is 5.41 Å². The molecule has 2 heteroatoms. The minimum absolute atomic E-state index is 0.479. The van der Waals surface area contributed by atoms with Crippen molar-refractivity contribution in [3.05, 3.63) is 70.7 Å². The highest BCUT2D eigenvalue weighted by Crippen LogP contribution is 2.16. The molecule has 1 N–H and O–H groups in total. The van der Waals surface area contributed by atoms with Gasteiger partial charge in [-0.15, -0.1) is 0 Å². The fourth-order valence-corrected chi connectivity index (χ4v) is 2.56. The van der Waals surface area contributed by atoms with E-state index in [0.717, 1.165) is 30.0 Å². The van der Waals surface area contributed by atoms with Gasteiger partial charge in [0, 0.05) is 17.2 Å². The maximum absolute atomic E-state index is 8.14. The van der Waals surface area contributed by atoms with Crippen molar-refractivity contribution in [2.24, 2.45) is 5.92 Å². The Morgan fingerprint density at radius 1 is 1.00 bits per heavy atom. The van der Waals surface area contributed by atoms with Gasteiger partial charge in [-0.05, 0) is 42.0 Å². The Morgan fingerprint density at radius 2 is 1.65 bits per heavy atom. The Kier molecular flexibility index (Phi) is 5.37. The minimum Gasteiger partial charge on any atom is -0.309 e. The normalized spacial score (nSPS) is 12.1. The van der Waals surface area contributed by atoms with Gasteiger partial charge in [-0.1, -0.05) is 61.0 Å². The molecule has 0 bridgehead atoms. The van der Waals surface area contributed by atoms with Crippen molar-refractivity contribution in [2.75, 3.05) is 0 Å². The van der Waals surface area contributed by atoms with Crippen LogP contribution in [0.5, 0.6) is 0 Å². The van der Waals surface area contributed by atoms with Crippen LogP contribution in [0.25, 0.3) is 0 Å². The molecule has 1 unspecified atom stereocenters. The van der Waals surface area contributed by atoms with Gasteiger partial charge in [-0.3, -0.25) is 0 Å². The lowest BCUT2D eigenvalue weighted by molar-refractivity contribution is 0.601. The molecule has 0 heterocycles. The van der Waals surface area contributed by atoms with Gasteiger partial charge >= 0.3 is 0 Å². The zero-order valence-electron chi connectivity index (χ0n) is 11.8. The summed E-state index contributed by atoms with van der Waals surface area (Å²) in [5.41, 5.74) is 3.31. The van der Waals surface area contributed by atoms with Gasteiger partial charge in [-0.2, -0.15) is 0 Å². The van der Waals surface area contributed by atoms with Gasteiger partial charge in [0.05, 0.1) is 0 Å². The first-order valence-electron chi connectivity index (χ1n) is 6.98. The van der Waals surface area contributed by atoms with Crippen LogP contribution in [0.1, 0.15) is 24.5 Å². The summed E-state index contributed by atoms with van der Waals surface area (Å²) >= 11 is 5.89. The lowest BCUT2D eigenvalue weighted by atomic mass is 9.93. The average Bonchev–Trinajstić information content (AvgIpc) is 2.42. The lowest BCUT2D eigenvalue weighted by Gasteiger charge is -2.12. The number of hydrogen-bond donors (Lipinski definition) is 1. The van der Waals surface area contributed by atoms with Gasteiger partial charge in [0.2, 0.25) is 0 Å². The summed E-state index contributed by atoms with van der Waals surface area (Å²) in [6.45, 7) is 2.20. The molecule has 2 rings (SSSR count). The molecule has 0 aromatic heterocycles. The maximum atomic E-state index is 8.14. The SMILES string of the molecule is CC(CC(=N)Cc1ccccc1)Cc1ccc(Cl)cc1. The molecule has 0 spiro atoms. The Labute approximate surface area is 126 Å². The van der Waals surface area contributed by atoms with Crippen LogP contribution in [0.3, 0.4) is 0 Å². The highest BCUT2D eigenvalue weighted by molar-refractivity contribution is 6.30. The molecule has 0 aliphatic carbocycles. The van der Waals surface area contributed by atoms with Crippen LogP contribution in [-0.2, 0) is 12.8 Å². The van der Waals surface area contributed by atoms with E-state index in [1.165, 1.54) is 11.1 Å². The second-order valence-corrected chi connectivity index (χ2v) is 5.84. The minimum atomic E-state index is 0.479. The smallest absolute Gasteiger partial charge is 0.0406 e. The zero-order chi connectivity index (χ0) is 14.4. The van der Waals surface area contributed by atoms with E-state index in [1.807, 2.05) is 30.3 Å². The standard InChI is InChI=1S/C18H20ClN/c1-14(11-16-7-9-17(19)10-8-16)12-18(20)13-15-5-3-2-4-6-15/h2-10,14,20H,11-13H2,1H3. The van der Waals surface area contributed by atoms with Crippen molar-refractivity contribution in [3.8, 4) is 0 Å². The van der Waals surface area contributed by atoms with Crippen molar-refractivity contribution in [3.63, 3.8) is 0 Å². The third-order valence-corrected chi connectivity index (χ3v) is 3.60. The topological polar surface area (TPSA) is 23.9 Å². The Balaban J connectivity index is 1.83. The first-order chi connectivity index (χ1) is 9.63. The van der Waals surface area contributed by atoms with Gasteiger partial charge < -0.3 is 5.41 Å². The molecule has 0 aliphatic heterocycles. The predicted molar refractivity (Wildman–Crippen MR) is 86.8 cm³/mol. The lowest BCUT2D eigenvalue weighted by Crippen LogP contribution is -2.09. The van der Waals surface area contributed by atoms with E-state index in [9.17, 15) is 0 Å². The molecule has 1 nitrogen and oxygen atoms in total.